The first-order valence-corrected chi connectivity index (χ1v) is 8.07. The normalized spacial score (nSPS) is 9.32. The summed E-state index contributed by atoms with van der Waals surface area (Å²) >= 11 is 0. The minimum absolute atomic E-state index is 0.674. The predicted octanol–water partition coefficient (Wildman–Crippen LogP) is 4.46. The van der Waals surface area contributed by atoms with E-state index in [1.165, 1.54) is 6.08 Å². The third kappa shape index (κ3) is 14.4. The molecule has 0 aliphatic carbocycles. The van der Waals surface area contributed by atoms with Crippen molar-refractivity contribution in [3.8, 4) is 0 Å². The molecule has 0 amide bonds. The van der Waals surface area contributed by atoms with Gasteiger partial charge in [-0.05, 0) is 5.56 Å². The minimum Gasteiger partial charge on any atom is -0.516 e. The monoisotopic (exact) mass is 382 g/mol. The Kier molecular flexibility index (Phi) is 14.2. The molecule has 0 aliphatic rings. The Balaban J connectivity index is 0.000000547. The van der Waals surface area contributed by atoms with Gasteiger partial charge in [0.2, 0.25) is 0 Å². The average molecular weight is 382 g/mol. The maximum atomic E-state index is 10.9. The van der Waals surface area contributed by atoms with Crippen molar-refractivity contribution >= 4 is 24.3 Å². The second kappa shape index (κ2) is 16.5. The smallest absolute Gasteiger partial charge is 0.379 e. The zero-order valence-corrected chi connectivity index (χ0v) is 15.4. The SMILES string of the molecule is C=CO.CC(=O)OOC(=O)/C=C/C=C/c1ccccc1.O=Cc1ccccc1. The van der Waals surface area contributed by atoms with E-state index in [9.17, 15) is 14.4 Å². The van der Waals surface area contributed by atoms with E-state index >= 15 is 0 Å². The fourth-order valence-electron chi connectivity index (χ4n) is 1.52. The van der Waals surface area contributed by atoms with Crippen LogP contribution in [-0.2, 0) is 19.4 Å². The zero-order valence-electron chi connectivity index (χ0n) is 15.4. The molecule has 0 aliphatic heterocycles. The van der Waals surface area contributed by atoms with Crippen LogP contribution in [0.3, 0.4) is 0 Å². The maximum Gasteiger partial charge on any atom is 0.379 e. The first-order chi connectivity index (χ1) is 13.5. The Morgan fingerprint density at radius 3 is 1.82 bits per heavy atom. The summed E-state index contributed by atoms with van der Waals surface area (Å²) in [5, 5.41) is 7.33. The molecule has 1 N–H and O–H groups in total. The lowest BCUT2D eigenvalue weighted by molar-refractivity contribution is -0.253. The predicted molar refractivity (Wildman–Crippen MR) is 107 cm³/mol. The van der Waals surface area contributed by atoms with E-state index < -0.39 is 11.9 Å². The quantitative estimate of drug-likeness (QED) is 0.210. The van der Waals surface area contributed by atoms with Crippen molar-refractivity contribution in [2.24, 2.45) is 0 Å². The average Bonchev–Trinajstić information content (AvgIpc) is 2.72. The molecule has 6 heteroatoms. The summed E-state index contributed by atoms with van der Waals surface area (Å²) < 4.78 is 0. The van der Waals surface area contributed by atoms with Crippen molar-refractivity contribution in [1.29, 1.82) is 0 Å². The van der Waals surface area contributed by atoms with Crippen LogP contribution in [0.4, 0.5) is 0 Å². The number of hydrogen-bond donors (Lipinski definition) is 1. The van der Waals surface area contributed by atoms with Gasteiger partial charge in [-0.3, -0.25) is 4.79 Å². The van der Waals surface area contributed by atoms with Crippen molar-refractivity contribution in [2.45, 2.75) is 6.92 Å². The highest BCUT2D eigenvalue weighted by atomic mass is 17.2. The molecular formula is C22H22O6. The van der Waals surface area contributed by atoms with E-state index in [2.05, 4.69) is 16.4 Å². The van der Waals surface area contributed by atoms with Crippen LogP contribution < -0.4 is 0 Å². The fraction of sp³-hybridized carbons (Fsp3) is 0.0455. The summed E-state index contributed by atoms with van der Waals surface area (Å²) in [5.41, 5.74) is 1.75. The lowest BCUT2D eigenvalue weighted by Gasteiger charge is -1.94. The van der Waals surface area contributed by atoms with Crippen LogP contribution in [0.1, 0.15) is 22.8 Å². The van der Waals surface area contributed by atoms with Crippen LogP contribution in [0.15, 0.2) is 91.7 Å². The highest BCUT2D eigenvalue weighted by Crippen LogP contribution is 2.00. The third-order valence-electron chi connectivity index (χ3n) is 2.61. The van der Waals surface area contributed by atoms with Crippen LogP contribution >= 0.6 is 0 Å². The lowest BCUT2D eigenvalue weighted by atomic mass is 10.2. The number of rotatable bonds is 4. The van der Waals surface area contributed by atoms with Gasteiger partial charge in [-0.25, -0.2) is 19.4 Å². The van der Waals surface area contributed by atoms with Gasteiger partial charge in [-0.15, -0.1) is 0 Å². The molecule has 28 heavy (non-hydrogen) atoms. The van der Waals surface area contributed by atoms with Gasteiger partial charge in [0, 0.05) is 18.6 Å². The third-order valence-corrected chi connectivity index (χ3v) is 2.61. The van der Waals surface area contributed by atoms with Gasteiger partial charge in [-0.2, -0.15) is 0 Å². The molecule has 0 unspecified atom stereocenters. The highest BCUT2D eigenvalue weighted by molar-refractivity contribution is 5.82. The second-order valence-corrected chi connectivity index (χ2v) is 4.82. The van der Waals surface area contributed by atoms with Gasteiger partial charge in [0.05, 0.1) is 6.26 Å². The molecule has 2 rings (SSSR count). The molecule has 6 nitrogen and oxygen atoms in total. The Hall–Kier alpha value is -3.93. The van der Waals surface area contributed by atoms with Crippen LogP contribution in [0.25, 0.3) is 6.08 Å². The highest BCUT2D eigenvalue weighted by Gasteiger charge is 1.99. The summed E-state index contributed by atoms with van der Waals surface area (Å²) in [6, 6.07) is 18.7. The summed E-state index contributed by atoms with van der Waals surface area (Å²) in [7, 11) is 0. The van der Waals surface area contributed by atoms with Gasteiger partial charge in [0.1, 0.15) is 6.29 Å². The number of aliphatic hydroxyl groups is 1. The van der Waals surface area contributed by atoms with Crippen LogP contribution in [0.2, 0.25) is 0 Å². The maximum absolute atomic E-state index is 10.9. The van der Waals surface area contributed by atoms with Crippen LogP contribution in [0.5, 0.6) is 0 Å². The molecule has 0 bridgehead atoms. The van der Waals surface area contributed by atoms with Crippen molar-refractivity contribution in [2.75, 3.05) is 0 Å². The lowest BCUT2D eigenvalue weighted by Crippen LogP contribution is -2.05. The standard InChI is InChI=1S/C13H12O4.C7H6O.C2H4O/c1-11(14)16-17-13(15)10-6-5-9-12-7-3-2-4-8-12;8-6-7-4-2-1-3-5-7;1-2-3/h2-10H,1H3;1-6H;2-3H,1H2/b9-5+,10-6+;;. The van der Waals surface area contributed by atoms with Gasteiger partial charge in [0.25, 0.3) is 0 Å². The van der Waals surface area contributed by atoms with Crippen LogP contribution in [-0.4, -0.2) is 23.3 Å². The van der Waals surface area contributed by atoms with E-state index in [0.717, 1.165) is 36.7 Å². The molecule has 0 radical (unpaired) electrons. The van der Waals surface area contributed by atoms with Crippen molar-refractivity contribution in [3.63, 3.8) is 0 Å². The van der Waals surface area contributed by atoms with Gasteiger partial charge >= 0.3 is 11.9 Å². The minimum atomic E-state index is -0.738. The molecule has 0 aromatic heterocycles. The number of benzene rings is 2. The van der Waals surface area contributed by atoms with Gasteiger partial charge in [-0.1, -0.05) is 85.5 Å². The molecule has 2 aromatic carbocycles. The molecule has 0 spiro atoms. The zero-order chi connectivity index (χ0) is 21.0. The number of hydrogen-bond acceptors (Lipinski definition) is 6. The Morgan fingerprint density at radius 1 is 0.893 bits per heavy atom. The number of carbonyl (C=O) groups excluding carboxylic acids is 3. The molecule has 146 valence electrons. The summed E-state index contributed by atoms with van der Waals surface area (Å²) in [6.45, 7) is 4.06. The largest absolute Gasteiger partial charge is 0.516 e. The molecular weight excluding hydrogens is 360 g/mol. The summed E-state index contributed by atoms with van der Waals surface area (Å²) in [6.07, 6.45) is 7.75. The molecule has 0 saturated carbocycles. The van der Waals surface area contributed by atoms with E-state index in [1.54, 1.807) is 18.2 Å². The molecule has 0 heterocycles. The molecule has 2 aromatic rings. The first-order valence-electron chi connectivity index (χ1n) is 8.07. The molecule has 0 saturated heterocycles. The van der Waals surface area contributed by atoms with E-state index in [0.29, 0.717) is 0 Å². The number of aldehydes is 1. The number of carbonyl (C=O) groups is 3. The topological polar surface area (TPSA) is 89.9 Å². The molecule has 0 atom stereocenters. The molecule has 0 fully saturated rings. The van der Waals surface area contributed by atoms with E-state index in [4.69, 9.17) is 5.11 Å². The Labute approximate surface area is 164 Å². The second-order valence-electron chi connectivity index (χ2n) is 4.82. The van der Waals surface area contributed by atoms with E-state index in [-0.39, 0.29) is 0 Å². The van der Waals surface area contributed by atoms with Gasteiger partial charge < -0.3 is 5.11 Å². The fourth-order valence-corrected chi connectivity index (χ4v) is 1.52. The van der Waals surface area contributed by atoms with E-state index in [1.807, 2.05) is 54.6 Å². The van der Waals surface area contributed by atoms with Gasteiger partial charge in [0.15, 0.2) is 0 Å². The van der Waals surface area contributed by atoms with Crippen molar-refractivity contribution < 1.29 is 29.3 Å². The Morgan fingerprint density at radius 2 is 1.39 bits per heavy atom. The first kappa shape index (κ1) is 24.1. The van der Waals surface area contributed by atoms with Crippen molar-refractivity contribution in [3.05, 3.63) is 103 Å². The Bertz CT molecular complexity index is 764. The summed E-state index contributed by atoms with van der Waals surface area (Å²) in [4.78, 5) is 39.5. The van der Waals surface area contributed by atoms with Crippen LogP contribution in [0, 0.1) is 0 Å². The number of allylic oxidation sites excluding steroid dienone is 2. The van der Waals surface area contributed by atoms with Crippen molar-refractivity contribution in [1.82, 2.24) is 0 Å². The summed E-state index contributed by atoms with van der Waals surface area (Å²) in [5.74, 6) is -1.41. The number of aliphatic hydroxyl groups excluding tert-OH is 1.